The van der Waals surface area contributed by atoms with E-state index in [-0.39, 0.29) is 6.61 Å². The molecule has 3 rings (SSSR count). The molecule has 2 heterocycles. The number of benzene rings is 1. The second-order valence-electron chi connectivity index (χ2n) is 3.95. The Hall–Kier alpha value is -1.17. The molecule has 0 unspecified atom stereocenters. The summed E-state index contributed by atoms with van der Waals surface area (Å²) in [4.78, 5) is 5.67. The number of hydrogen-bond acceptors (Lipinski definition) is 3. The molecule has 0 aliphatic heterocycles. The van der Waals surface area contributed by atoms with Crippen LogP contribution in [0.25, 0.3) is 11.0 Å². The van der Waals surface area contributed by atoms with Crippen LogP contribution < -0.4 is 0 Å². The van der Waals surface area contributed by atoms with Crippen molar-refractivity contribution in [2.45, 2.75) is 13.2 Å². The maximum absolute atomic E-state index is 9.43. The highest BCUT2D eigenvalue weighted by Crippen LogP contribution is 2.26. The van der Waals surface area contributed by atoms with Crippen molar-refractivity contribution in [1.29, 1.82) is 0 Å². The molecule has 1 N–H and O–H groups in total. The molecule has 0 saturated carbocycles. The standard InChI is InChI=1S/C13H11BrN2OS/c14-9-5-6-18-12(9)7-16-11-4-2-1-3-10(11)15-13(16)8-17/h1-6,17H,7-8H2. The van der Waals surface area contributed by atoms with Crippen molar-refractivity contribution in [3.05, 3.63) is 50.9 Å². The van der Waals surface area contributed by atoms with Crippen LogP contribution in [0.15, 0.2) is 40.2 Å². The number of nitrogens with zero attached hydrogens (tertiary/aromatic N) is 2. The van der Waals surface area contributed by atoms with Gasteiger partial charge in [0.15, 0.2) is 0 Å². The van der Waals surface area contributed by atoms with E-state index in [0.29, 0.717) is 5.82 Å². The molecule has 18 heavy (non-hydrogen) atoms. The van der Waals surface area contributed by atoms with Gasteiger partial charge < -0.3 is 9.67 Å². The van der Waals surface area contributed by atoms with Crippen LogP contribution in [0.5, 0.6) is 0 Å². The molecule has 92 valence electrons. The minimum absolute atomic E-state index is 0.0440. The number of thiophene rings is 1. The fourth-order valence-corrected chi connectivity index (χ4v) is 3.47. The fourth-order valence-electron chi connectivity index (χ4n) is 2.00. The molecule has 3 nitrogen and oxygen atoms in total. The highest BCUT2D eigenvalue weighted by atomic mass is 79.9. The van der Waals surface area contributed by atoms with Crippen molar-refractivity contribution < 1.29 is 5.11 Å². The lowest BCUT2D eigenvalue weighted by atomic mass is 10.3. The smallest absolute Gasteiger partial charge is 0.136 e. The molecule has 0 aliphatic carbocycles. The first-order valence-corrected chi connectivity index (χ1v) is 7.23. The van der Waals surface area contributed by atoms with Crippen LogP contribution in [0, 0.1) is 0 Å². The van der Waals surface area contributed by atoms with E-state index in [1.54, 1.807) is 11.3 Å². The van der Waals surface area contributed by atoms with Crippen molar-refractivity contribution in [3.8, 4) is 0 Å². The Bertz CT molecular complexity index is 689. The summed E-state index contributed by atoms with van der Waals surface area (Å²) in [6.07, 6.45) is 0. The van der Waals surface area contributed by atoms with Gasteiger partial charge in [0.25, 0.3) is 0 Å². The molecule has 5 heteroatoms. The van der Waals surface area contributed by atoms with E-state index in [0.717, 1.165) is 22.1 Å². The number of aliphatic hydroxyl groups is 1. The number of imidazole rings is 1. The van der Waals surface area contributed by atoms with Crippen LogP contribution >= 0.6 is 27.3 Å². The van der Waals surface area contributed by atoms with Gasteiger partial charge in [0, 0.05) is 9.35 Å². The molecule has 0 amide bonds. The van der Waals surface area contributed by atoms with Crippen molar-refractivity contribution in [3.63, 3.8) is 0 Å². The summed E-state index contributed by atoms with van der Waals surface area (Å²) in [5.74, 6) is 0.705. The SMILES string of the molecule is OCc1nc2ccccc2n1Cc1sccc1Br. The first kappa shape index (κ1) is 11.9. The van der Waals surface area contributed by atoms with E-state index in [1.165, 1.54) is 4.88 Å². The van der Waals surface area contributed by atoms with E-state index in [1.807, 2.05) is 30.3 Å². The zero-order valence-corrected chi connectivity index (χ0v) is 11.9. The quantitative estimate of drug-likeness (QED) is 0.802. The lowest BCUT2D eigenvalue weighted by molar-refractivity contribution is 0.267. The van der Waals surface area contributed by atoms with Gasteiger partial charge in [0.2, 0.25) is 0 Å². The van der Waals surface area contributed by atoms with Crippen molar-refractivity contribution >= 4 is 38.3 Å². The Kier molecular flexibility index (Phi) is 3.20. The second-order valence-corrected chi connectivity index (χ2v) is 5.81. The van der Waals surface area contributed by atoms with E-state index < -0.39 is 0 Å². The summed E-state index contributed by atoms with van der Waals surface area (Å²) in [6, 6.07) is 9.99. The van der Waals surface area contributed by atoms with Gasteiger partial charge in [-0.05, 0) is 39.5 Å². The number of para-hydroxylation sites is 2. The third-order valence-corrected chi connectivity index (χ3v) is 4.78. The first-order valence-electron chi connectivity index (χ1n) is 5.56. The summed E-state index contributed by atoms with van der Waals surface area (Å²) in [7, 11) is 0. The average Bonchev–Trinajstić information content (AvgIpc) is 2.95. The minimum Gasteiger partial charge on any atom is -0.388 e. The second kappa shape index (κ2) is 4.84. The zero-order valence-electron chi connectivity index (χ0n) is 9.51. The van der Waals surface area contributed by atoms with Gasteiger partial charge in [0.05, 0.1) is 17.6 Å². The van der Waals surface area contributed by atoms with Gasteiger partial charge in [-0.2, -0.15) is 0 Å². The van der Waals surface area contributed by atoms with E-state index in [2.05, 4.69) is 30.9 Å². The molecule has 3 aromatic rings. The average molecular weight is 323 g/mol. The van der Waals surface area contributed by atoms with Gasteiger partial charge >= 0.3 is 0 Å². The van der Waals surface area contributed by atoms with E-state index in [9.17, 15) is 5.11 Å². The molecular weight excluding hydrogens is 312 g/mol. The van der Waals surface area contributed by atoms with Crippen LogP contribution in [0.1, 0.15) is 10.7 Å². The predicted octanol–water partition coefficient (Wildman–Crippen LogP) is 3.40. The molecule has 0 radical (unpaired) electrons. The predicted molar refractivity (Wildman–Crippen MR) is 76.8 cm³/mol. The summed E-state index contributed by atoms with van der Waals surface area (Å²) in [5.41, 5.74) is 1.98. The van der Waals surface area contributed by atoms with Crippen molar-refractivity contribution in [1.82, 2.24) is 9.55 Å². The number of hydrogen-bond donors (Lipinski definition) is 1. The molecular formula is C13H11BrN2OS. The maximum atomic E-state index is 9.43. The Balaban J connectivity index is 2.12. The number of aliphatic hydroxyl groups excluding tert-OH is 1. The zero-order chi connectivity index (χ0) is 12.5. The Morgan fingerprint density at radius 1 is 1.28 bits per heavy atom. The molecule has 1 aromatic carbocycles. The number of rotatable bonds is 3. The normalized spacial score (nSPS) is 11.2. The Labute approximate surface area is 117 Å². The molecule has 0 bridgehead atoms. The van der Waals surface area contributed by atoms with Crippen LogP contribution in [-0.4, -0.2) is 14.7 Å². The first-order chi connectivity index (χ1) is 8.79. The maximum Gasteiger partial charge on any atom is 0.136 e. The monoisotopic (exact) mass is 322 g/mol. The van der Waals surface area contributed by atoms with Gasteiger partial charge in [-0.1, -0.05) is 12.1 Å². The van der Waals surface area contributed by atoms with Crippen molar-refractivity contribution in [2.24, 2.45) is 0 Å². The van der Waals surface area contributed by atoms with Crippen LogP contribution in [0.4, 0.5) is 0 Å². The van der Waals surface area contributed by atoms with Crippen LogP contribution in [-0.2, 0) is 13.2 Å². The molecule has 0 aliphatic rings. The highest BCUT2D eigenvalue weighted by Gasteiger charge is 2.11. The lowest BCUT2D eigenvalue weighted by Crippen LogP contribution is -2.04. The van der Waals surface area contributed by atoms with E-state index in [4.69, 9.17) is 0 Å². The third-order valence-electron chi connectivity index (χ3n) is 2.87. The van der Waals surface area contributed by atoms with Crippen molar-refractivity contribution in [2.75, 3.05) is 0 Å². The summed E-state index contributed by atoms with van der Waals surface area (Å²) < 4.78 is 3.17. The Morgan fingerprint density at radius 3 is 2.83 bits per heavy atom. The van der Waals surface area contributed by atoms with Gasteiger partial charge in [-0.15, -0.1) is 11.3 Å². The largest absolute Gasteiger partial charge is 0.388 e. The fraction of sp³-hybridized carbons (Fsp3) is 0.154. The van der Waals surface area contributed by atoms with E-state index >= 15 is 0 Å². The molecule has 2 aromatic heterocycles. The summed E-state index contributed by atoms with van der Waals surface area (Å²) in [6.45, 7) is 0.687. The van der Waals surface area contributed by atoms with Crippen LogP contribution in [0.3, 0.4) is 0 Å². The minimum atomic E-state index is -0.0440. The lowest BCUT2D eigenvalue weighted by Gasteiger charge is -2.06. The van der Waals surface area contributed by atoms with Crippen LogP contribution in [0.2, 0.25) is 0 Å². The topological polar surface area (TPSA) is 38.1 Å². The molecule has 0 saturated heterocycles. The molecule has 0 atom stereocenters. The van der Waals surface area contributed by atoms with Gasteiger partial charge in [0.1, 0.15) is 12.4 Å². The summed E-state index contributed by atoms with van der Waals surface area (Å²) in [5, 5.41) is 11.5. The highest BCUT2D eigenvalue weighted by molar-refractivity contribution is 9.10. The number of aromatic nitrogens is 2. The Morgan fingerprint density at radius 2 is 2.11 bits per heavy atom. The number of halogens is 1. The molecule has 0 spiro atoms. The van der Waals surface area contributed by atoms with Gasteiger partial charge in [-0.3, -0.25) is 0 Å². The summed E-state index contributed by atoms with van der Waals surface area (Å²) >= 11 is 5.24. The number of fused-ring (bicyclic) bond motifs is 1. The molecule has 0 fully saturated rings. The van der Waals surface area contributed by atoms with Gasteiger partial charge in [-0.25, -0.2) is 4.98 Å². The third kappa shape index (κ3) is 1.98.